The summed E-state index contributed by atoms with van der Waals surface area (Å²) in [5, 5.41) is 7.06. The molecule has 1 saturated carbocycles. The first-order valence-corrected chi connectivity index (χ1v) is 8.20. The topological polar surface area (TPSA) is 80.0 Å². The second-order valence-corrected chi connectivity index (χ2v) is 7.07. The molecule has 3 rings (SSSR count). The van der Waals surface area contributed by atoms with Gasteiger partial charge in [-0.2, -0.15) is 4.98 Å². The summed E-state index contributed by atoms with van der Waals surface area (Å²) < 4.78 is 5.50. The molecule has 0 atom stereocenters. The molecule has 0 unspecified atom stereocenters. The number of aromatic nitrogens is 2. The summed E-state index contributed by atoms with van der Waals surface area (Å²) in [6.45, 7) is 8.89. The van der Waals surface area contributed by atoms with Gasteiger partial charge in [-0.15, -0.1) is 0 Å². The number of rotatable bonds is 6. The van der Waals surface area contributed by atoms with Gasteiger partial charge in [0.15, 0.2) is 0 Å². The highest BCUT2D eigenvalue weighted by Gasteiger charge is 2.38. The van der Waals surface area contributed by atoms with E-state index in [0.29, 0.717) is 40.8 Å². The first kappa shape index (κ1) is 15.8. The predicted molar refractivity (Wildman–Crippen MR) is 89.6 cm³/mol. The van der Waals surface area contributed by atoms with Crippen molar-refractivity contribution >= 4 is 22.8 Å². The third-order valence-electron chi connectivity index (χ3n) is 4.22. The number of carbonyl (C=O) groups is 1. The number of hydrogen-bond donors (Lipinski definition) is 2. The summed E-state index contributed by atoms with van der Waals surface area (Å²) in [6.07, 6.45) is 4.63. The van der Waals surface area contributed by atoms with E-state index in [4.69, 9.17) is 4.42 Å². The van der Waals surface area contributed by atoms with Crippen molar-refractivity contribution in [1.82, 2.24) is 15.3 Å². The molecule has 6 nitrogen and oxygen atoms in total. The van der Waals surface area contributed by atoms with Crippen LogP contribution in [0.25, 0.3) is 11.1 Å². The Bertz CT molecular complexity index is 732. The monoisotopic (exact) mass is 316 g/mol. The van der Waals surface area contributed by atoms with Crippen LogP contribution in [0, 0.1) is 12.8 Å². The smallest absolute Gasteiger partial charge is 0.255 e. The van der Waals surface area contributed by atoms with Crippen LogP contribution in [0.2, 0.25) is 0 Å². The van der Waals surface area contributed by atoms with Gasteiger partial charge in [-0.05, 0) is 39.0 Å². The molecule has 2 aromatic rings. The lowest BCUT2D eigenvalue weighted by Gasteiger charge is -2.14. The van der Waals surface area contributed by atoms with Crippen LogP contribution in [-0.2, 0) is 0 Å². The molecule has 1 fully saturated rings. The highest BCUT2D eigenvalue weighted by Crippen LogP contribution is 2.39. The van der Waals surface area contributed by atoms with E-state index < -0.39 is 0 Å². The SMILES string of the molecule is Cc1nc(NC2(C)CC2)c2c(C(=O)NCCC(C)C)coc2n1. The maximum Gasteiger partial charge on any atom is 0.255 e. The fourth-order valence-corrected chi connectivity index (χ4v) is 2.47. The Labute approximate surface area is 136 Å². The fourth-order valence-electron chi connectivity index (χ4n) is 2.47. The van der Waals surface area contributed by atoms with Gasteiger partial charge in [-0.25, -0.2) is 4.98 Å². The van der Waals surface area contributed by atoms with Crippen LogP contribution in [0.4, 0.5) is 5.82 Å². The first-order valence-electron chi connectivity index (χ1n) is 8.20. The molecule has 124 valence electrons. The van der Waals surface area contributed by atoms with Crippen molar-refractivity contribution < 1.29 is 9.21 Å². The summed E-state index contributed by atoms with van der Waals surface area (Å²) in [7, 11) is 0. The summed E-state index contributed by atoms with van der Waals surface area (Å²) in [5.41, 5.74) is 1.02. The van der Waals surface area contributed by atoms with Crippen molar-refractivity contribution in [2.24, 2.45) is 5.92 Å². The average Bonchev–Trinajstić information content (AvgIpc) is 3.02. The number of hydrogen-bond acceptors (Lipinski definition) is 5. The van der Waals surface area contributed by atoms with Crippen LogP contribution >= 0.6 is 0 Å². The maximum atomic E-state index is 12.5. The van der Waals surface area contributed by atoms with Gasteiger partial charge in [0.1, 0.15) is 17.9 Å². The second-order valence-electron chi connectivity index (χ2n) is 7.07. The third kappa shape index (κ3) is 3.46. The summed E-state index contributed by atoms with van der Waals surface area (Å²) in [4.78, 5) is 21.3. The fraction of sp³-hybridized carbons (Fsp3) is 0.588. The molecule has 0 saturated heterocycles. The lowest BCUT2D eigenvalue weighted by atomic mass is 10.1. The Morgan fingerprint density at radius 3 is 2.78 bits per heavy atom. The highest BCUT2D eigenvalue weighted by atomic mass is 16.3. The first-order chi connectivity index (χ1) is 10.9. The number of anilines is 1. The van der Waals surface area contributed by atoms with E-state index in [2.05, 4.69) is 41.4 Å². The predicted octanol–water partition coefficient (Wildman–Crippen LogP) is 3.27. The number of nitrogens with one attached hydrogen (secondary N) is 2. The van der Waals surface area contributed by atoms with Gasteiger partial charge in [-0.1, -0.05) is 13.8 Å². The van der Waals surface area contributed by atoms with E-state index in [9.17, 15) is 4.79 Å². The molecule has 0 aromatic carbocycles. The van der Waals surface area contributed by atoms with Crippen LogP contribution in [0.1, 0.15) is 56.2 Å². The van der Waals surface area contributed by atoms with E-state index in [1.54, 1.807) is 0 Å². The third-order valence-corrected chi connectivity index (χ3v) is 4.22. The molecule has 2 heterocycles. The number of nitrogens with zero attached hydrogens (tertiary/aromatic N) is 2. The van der Waals surface area contributed by atoms with Crippen LogP contribution in [0.3, 0.4) is 0 Å². The Hall–Kier alpha value is -2.11. The largest absolute Gasteiger partial charge is 0.445 e. The van der Waals surface area contributed by atoms with Crippen molar-refractivity contribution in [2.45, 2.75) is 52.5 Å². The average molecular weight is 316 g/mol. The Kier molecular flexibility index (Phi) is 4.00. The van der Waals surface area contributed by atoms with E-state index in [-0.39, 0.29) is 11.4 Å². The zero-order chi connectivity index (χ0) is 16.6. The molecule has 23 heavy (non-hydrogen) atoms. The molecule has 1 amide bonds. The van der Waals surface area contributed by atoms with Gasteiger partial charge in [-0.3, -0.25) is 4.79 Å². The maximum absolute atomic E-state index is 12.5. The summed E-state index contributed by atoms with van der Waals surface area (Å²) in [5.74, 6) is 1.73. The molecule has 0 aliphatic heterocycles. The highest BCUT2D eigenvalue weighted by molar-refractivity contribution is 6.08. The molecule has 0 spiro atoms. The molecular weight excluding hydrogens is 292 g/mol. The minimum Gasteiger partial charge on any atom is -0.445 e. The number of fused-ring (bicyclic) bond motifs is 1. The Balaban J connectivity index is 1.89. The van der Waals surface area contributed by atoms with Crippen LogP contribution in [-0.4, -0.2) is 28.0 Å². The van der Waals surface area contributed by atoms with Gasteiger partial charge in [0.25, 0.3) is 5.91 Å². The summed E-state index contributed by atoms with van der Waals surface area (Å²) in [6, 6.07) is 0. The number of furan rings is 1. The summed E-state index contributed by atoms with van der Waals surface area (Å²) >= 11 is 0. The number of amides is 1. The molecule has 6 heteroatoms. The minimum atomic E-state index is -0.138. The molecule has 1 aliphatic carbocycles. The van der Waals surface area contributed by atoms with Gasteiger partial charge in [0.05, 0.1) is 10.9 Å². The Morgan fingerprint density at radius 2 is 2.13 bits per heavy atom. The van der Waals surface area contributed by atoms with Crippen LogP contribution in [0.15, 0.2) is 10.7 Å². The number of aryl methyl sites for hydroxylation is 1. The van der Waals surface area contributed by atoms with E-state index in [1.165, 1.54) is 6.26 Å². The number of carbonyl (C=O) groups excluding carboxylic acids is 1. The quantitative estimate of drug-likeness (QED) is 0.855. The van der Waals surface area contributed by atoms with Crippen molar-refractivity contribution in [3.63, 3.8) is 0 Å². The minimum absolute atomic E-state index is 0.0659. The Morgan fingerprint density at radius 1 is 1.39 bits per heavy atom. The zero-order valence-electron chi connectivity index (χ0n) is 14.2. The molecule has 2 aromatic heterocycles. The molecule has 2 N–H and O–H groups in total. The van der Waals surface area contributed by atoms with Gasteiger partial charge in [0.2, 0.25) is 5.71 Å². The zero-order valence-corrected chi connectivity index (χ0v) is 14.2. The van der Waals surface area contributed by atoms with Gasteiger partial charge >= 0.3 is 0 Å². The standard InChI is InChI=1S/C17H24N4O2/c1-10(2)5-8-18-15(22)12-9-23-16-13(12)14(19-11(3)20-16)21-17(4)6-7-17/h9-10H,5-8H2,1-4H3,(H,18,22)(H,19,20,21). The molecule has 0 bridgehead atoms. The van der Waals surface area contributed by atoms with Crippen molar-refractivity contribution in [1.29, 1.82) is 0 Å². The lowest BCUT2D eigenvalue weighted by Crippen LogP contribution is -2.25. The van der Waals surface area contributed by atoms with E-state index in [0.717, 1.165) is 19.3 Å². The molecular formula is C17H24N4O2. The van der Waals surface area contributed by atoms with Crippen LogP contribution in [0.5, 0.6) is 0 Å². The van der Waals surface area contributed by atoms with Gasteiger partial charge in [0, 0.05) is 12.1 Å². The van der Waals surface area contributed by atoms with Crippen molar-refractivity contribution in [2.75, 3.05) is 11.9 Å². The van der Waals surface area contributed by atoms with E-state index in [1.807, 2.05) is 6.92 Å². The molecule has 1 aliphatic rings. The second kappa shape index (κ2) is 5.83. The van der Waals surface area contributed by atoms with Crippen molar-refractivity contribution in [3.8, 4) is 0 Å². The normalized spacial score (nSPS) is 15.9. The van der Waals surface area contributed by atoms with Crippen LogP contribution < -0.4 is 10.6 Å². The van der Waals surface area contributed by atoms with E-state index >= 15 is 0 Å². The lowest BCUT2D eigenvalue weighted by molar-refractivity contribution is 0.0953. The van der Waals surface area contributed by atoms with Gasteiger partial charge < -0.3 is 15.1 Å². The van der Waals surface area contributed by atoms with Crippen molar-refractivity contribution in [3.05, 3.63) is 17.7 Å². The molecule has 0 radical (unpaired) electrons.